The zero-order valence-corrected chi connectivity index (χ0v) is 10.1. The first-order chi connectivity index (χ1) is 8.42. The fourth-order valence-corrected chi connectivity index (χ4v) is 2.40. The number of hydrogen-bond acceptors (Lipinski definition) is 1. The van der Waals surface area contributed by atoms with Crippen molar-refractivity contribution >= 4 is 29.0 Å². The Labute approximate surface area is 104 Å². The van der Waals surface area contributed by atoms with Gasteiger partial charge in [0, 0.05) is 23.8 Å². The summed E-state index contributed by atoms with van der Waals surface area (Å²) in [7, 11) is 0. The molecular formula is C15H12NS+. The molecule has 82 valence electrons. The largest absolute Gasteiger partial charge is 0.210 e. The van der Waals surface area contributed by atoms with Crippen LogP contribution in [0.5, 0.6) is 0 Å². The zero-order valence-electron chi connectivity index (χ0n) is 9.28. The number of aromatic nitrogens is 1. The van der Waals surface area contributed by atoms with E-state index in [2.05, 4.69) is 70.0 Å². The van der Waals surface area contributed by atoms with Crippen LogP contribution >= 0.6 is 11.3 Å². The van der Waals surface area contributed by atoms with Crippen molar-refractivity contribution in [3.05, 3.63) is 70.7 Å². The average molecular weight is 238 g/mol. The highest BCUT2D eigenvalue weighted by molar-refractivity contribution is 7.08. The van der Waals surface area contributed by atoms with Gasteiger partial charge in [-0.3, -0.25) is 0 Å². The third-order valence-electron chi connectivity index (χ3n) is 2.67. The second-order valence-electron chi connectivity index (χ2n) is 3.89. The minimum atomic E-state index is 1.21. The maximum absolute atomic E-state index is 2.14. The third kappa shape index (κ3) is 2.27. The highest BCUT2D eigenvalue weighted by atomic mass is 32.1. The summed E-state index contributed by atoms with van der Waals surface area (Å²) in [4.78, 5) is 0. The van der Waals surface area contributed by atoms with Gasteiger partial charge >= 0.3 is 0 Å². The Morgan fingerprint density at radius 3 is 2.76 bits per heavy atom. The van der Waals surface area contributed by atoms with Crippen LogP contribution in [0.1, 0.15) is 11.1 Å². The number of rotatable bonds is 2. The van der Waals surface area contributed by atoms with E-state index in [0.717, 1.165) is 0 Å². The molecule has 0 aromatic carbocycles. The Hall–Kier alpha value is -1.93. The van der Waals surface area contributed by atoms with Crippen molar-refractivity contribution < 1.29 is 4.40 Å². The molecule has 0 spiro atoms. The van der Waals surface area contributed by atoms with Crippen LogP contribution in [0.3, 0.4) is 0 Å². The minimum Gasteiger partial charge on any atom is -0.167 e. The number of thiophene rings is 1. The van der Waals surface area contributed by atoms with E-state index in [0.29, 0.717) is 0 Å². The third-order valence-corrected chi connectivity index (χ3v) is 3.37. The molecular weight excluding hydrogens is 226 g/mol. The predicted molar refractivity (Wildman–Crippen MR) is 72.8 cm³/mol. The lowest BCUT2D eigenvalue weighted by atomic mass is 10.2. The Bertz CT molecular complexity index is 654. The number of hydrogen-bond donors (Lipinski definition) is 0. The standard InChI is InChI=1S/C15H12NS/c1-2-9-16-11-13(6-7-15(16)3-1)4-5-14-8-10-17-12-14/h1-12H/q+1/b5-4+. The molecule has 0 aliphatic heterocycles. The number of fused-ring (bicyclic) bond motifs is 1. The van der Waals surface area contributed by atoms with Gasteiger partial charge in [-0.2, -0.15) is 15.7 Å². The van der Waals surface area contributed by atoms with E-state index >= 15 is 0 Å². The van der Waals surface area contributed by atoms with E-state index in [-0.39, 0.29) is 0 Å². The number of nitrogens with zero attached hydrogens (tertiary/aromatic N) is 1. The van der Waals surface area contributed by atoms with Crippen LogP contribution in [0.25, 0.3) is 17.7 Å². The summed E-state index contributed by atoms with van der Waals surface area (Å²) < 4.78 is 2.13. The molecule has 17 heavy (non-hydrogen) atoms. The van der Waals surface area contributed by atoms with Crippen LogP contribution in [-0.4, -0.2) is 0 Å². The first-order valence-corrected chi connectivity index (χ1v) is 6.46. The minimum absolute atomic E-state index is 1.21. The molecule has 0 atom stereocenters. The Balaban J connectivity index is 1.96. The fourth-order valence-electron chi connectivity index (χ4n) is 1.77. The maximum Gasteiger partial charge on any atom is 0.210 e. The summed E-state index contributed by atoms with van der Waals surface area (Å²) >= 11 is 1.72. The molecule has 3 aromatic rings. The van der Waals surface area contributed by atoms with Crippen LogP contribution in [0.15, 0.2) is 59.6 Å². The van der Waals surface area contributed by atoms with Crippen molar-refractivity contribution in [2.45, 2.75) is 0 Å². The zero-order chi connectivity index (χ0) is 11.5. The molecule has 0 radical (unpaired) electrons. The molecule has 0 saturated heterocycles. The summed E-state index contributed by atoms with van der Waals surface area (Å²) in [6, 6.07) is 12.6. The van der Waals surface area contributed by atoms with Crippen molar-refractivity contribution in [1.29, 1.82) is 0 Å². The lowest BCUT2D eigenvalue weighted by Crippen LogP contribution is -2.20. The van der Waals surface area contributed by atoms with E-state index in [1.165, 1.54) is 16.6 Å². The van der Waals surface area contributed by atoms with Crippen molar-refractivity contribution in [2.75, 3.05) is 0 Å². The van der Waals surface area contributed by atoms with Gasteiger partial charge in [0.05, 0.1) is 0 Å². The maximum atomic E-state index is 2.14. The Morgan fingerprint density at radius 2 is 1.88 bits per heavy atom. The van der Waals surface area contributed by atoms with Crippen molar-refractivity contribution in [3.8, 4) is 0 Å². The molecule has 0 N–H and O–H groups in total. The fraction of sp³-hybridized carbons (Fsp3) is 0. The molecule has 0 saturated carbocycles. The van der Waals surface area contributed by atoms with Gasteiger partial charge in [0.25, 0.3) is 0 Å². The van der Waals surface area contributed by atoms with Gasteiger partial charge in [0.1, 0.15) is 0 Å². The van der Waals surface area contributed by atoms with E-state index in [1.54, 1.807) is 11.3 Å². The SMILES string of the molecule is C(=C\c1ccc2cccc[n+]2c1)/c1ccsc1. The van der Waals surface area contributed by atoms with Crippen molar-refractivity contribution in [2.24, 2.45) is 0 Å². The molecule has 0 aliphatic rings. The molecule has 0 bridgehead atoms. The smallest absolute Gasteiger partial charge is 0.167 e. The van der Waals surface area contributed by atoms with Gasteiger partial charge in [-0.25, -0.2) is 0 Å². The highest BCUT2D eigenvalue weighted by Crippen LogP contribution is 2.10. The highest BCUT2D eigenvalue weighted by Gasteiger charge is 2.00. The van der Waals surface area contributed by atoms with Crippen LogP contribution in [0.4, 0.5) is 0 Å². The monoisotopic (exact) mass is 238 g/mol. The summed E-state index contributed by atoms with van der Waals surface area (Å²) in [6.45, 7) is 0. The molecule has 0 aliphatic carbocycles. The van der Waals surface area contributed by atoms with Crippen LogP contribution < -0.4 is 4.40 Å². The van der Waals surface area contributed by atoms with Crippen LogP contribution in [0.2, 0.25) is 0 Å². The molecule has 3 heterocycles. The van der Waals surface area contributed by atoms with Crippen LogP contribution in [0, 0.1) is 0 Å². The molecule has 0 unspecified atom stereocenters. The van der Waals surface area contributed by atoms with E-state index < -0.39 is 0 Å². The predicted octanol–water partition coefficient (Wildman–Crippen LogP) is 3.66. The second-order valence-corrected chi connectivity index (χ2v) is 4.67. The quantitative estimate of drug-likeness (QED) is 0.600. The van der Waals surface area contributed by atoms with Gasteiger partial charge in [-0.15, -0.1) is 0 Å². The van der Waals surface area contributed by atoms with Crippen LogP contribution in [-0.2, 0) is 0 Å². The summed E-state index contributed by atoms with van der Waals surface area (Å²) in [6.07, 6.45) is 8.48. The van der Waals surface area contributed by atoms with E-state index in [4.69, 9.17) is 0 Å². The second kappa shape index (κ2) is 4.52. The van der Waals surface area contributed by atoms with Gasteiger partial charge in [0.2, 0.25) is 5.52 Å². The topological polar surface area (TPSA) is 4.10 Å². The molecule has 3 rings (SSSR count). The summed E-state index contributed by atoms with van der Waals surface area (Å²) in [5, 5.41) is 4.24. The molecule has 0 amide bonds. The molecule has 2 heteroatoms. The molecule has 1 nitrogen and oxygen atoms in total. The molecule has 0 fully saturated rings. The summed E-state index contributed by atoms with van der Waals surface area (Å²) in [5.74, 6) is 0. The van der Waals surface area contributed by atoms with E-state index in [9.17, 15) is 0 Å². The van der Waals surface area contributed by atoms with Gasteiger partial charge < -0.3 is 0 Å². The lowest BCUT2D eigenvalue weighted by molar-refractivity contribution is -0.512. The van der Waals surface area contributed by atoms with Crippen molar-refractivity contribution in [3.63, 3.8) is 0 Å². The first-order valence-electron chi connectivity index (χ1n) is 5.52. The van der Waals surface area contributed by atoms with Crippen molar-refractivity contribution in [1.82, 2.24) is 0 Å². The molecule has 3 aromatic heterocycles. The van der Waals surface area contributed by atoms with Gasteiger partial charge in [-0.1, -0.05) is 6.08 Å². The average Bonchev–Trinajstić information content (AvgIpc) is 2.89. The Morgan fingerprint density at radius 1 is 0.941 bits per heavy atom. The van der Waals surface area contributed by atoms with E-state index in [1.807, 2.05) is 6.07 Å². The van der Waals surface area contributed by atoms with Gasteiger partial charge in [0.15, 0.2) is 12.4 Å². The summed E-state index contributed by atoms with van der Waals surface area (Å²) in [5.41, 5.74) is 3.67. The van der Waals surface area contributed by atoms with Gasteiger partial charge in [-0.05, 0) is 40.6 Å². The first kappa shape index (κ1) is 10.2. The Kier molecular flexibility index (Phi) is 2.72. The normalized spacial score (nSPS) is 11.3. The number of pyridine rings is 2. The lowest BCUT2D eigenvalue weighted by Gasteiger charge is -1.92.